The van der Waals surface area contributed by atoms with Crippen LogP contribution in [0.1, 0.15) is 31.0 Å². The quantitative estimate of drug-likeness (QED) is 0.804. The summed E-state index contributed by atoms with van der Waals surface area (Å²) in [5.74, 6) is 2.05. The highest BCUT2D eigenvalue weighted by Crippen LogP contribution is 2.24. The Morgan fingerprint density at radius 3 is 2.56 bits per heavy atom. The molecule has 0 fully saturated rings. The minimum Gasteiger partial charge on any atom is -0.383 e. The zero-order valence-corrected chi connectivity index (χ0v) is 9.65. The number of aromatic amines is 1. The van der Waals surface area contributed by atoms with Crippen LogP contribution in [0.4, 0.5) is 5.82 Å². The highest BCUT2D eigenvalue weighted by Gasteiger charge is 2.14. The summed E-state index contributed by atoms with van der Waals surface area (Å²) in [5, 5.41) is 0. The average molecular weight is 217 g/mol. The fraction of sp³-hybridized carbons (Fsp3) is 0.364. The molecule has 0 radical (unpaired) electrons. The lowest BCUT2D eigenvalue weighted by molar-refractivity contribution is 0.835. The minimum atomic E-state index is 0.325. The first-order chi connectivity index (χ1) is 7.59. The van der Waals surface area contributed by atoms with Crippen molar-refractivity contribution in [3.8, 4) is 11.6 Å². The van der Waals surface area contributed by atoms with Gasteiger partial charge in [0.25, 0.3) is 0 Å². The van der Waals surface area contributed by atoms with Gasteiger partial charge in [0, 0.05) is 23.7 Å². The summed E-state index contributed by atoms with van der Waals surface area (Å²) < 4.78 is 0. The highest BCUT2D eigenvalue weighted by atomic mass is 15.0. The molecule has 2 heterocycles. The van der Waals surface area contributed by atoms with Crippen molar-refractivity contribution in [2.24, 2.45) is 0 Å². The van der Waals surface area contributed by atoms with Gasteiger partial charge in [-0.15, -0.1) is 0 Å². The van der Waals surface area contributed by atoms with Crippen LogP contribution in [0.2, 0.25) is 0 Å². The van der Waals surface area contributed by atoms with Crippen LogP contribution in [0.25, 0.3) is 11.6 Å². The smallest absolute Gasteiger partial charge is 0.197 e. The Labute approximate surface area is 94.2 Å². The Balaban J connectivity index is 2.53. The number of nitrogens with one attached hydrogen (secondary N) is 1. The molecule has 0 aliphatic carbocycles. The zero-order valence-electron chi connectivity index (χ0n) is 9.65. The van der Waals surface area contributed by atoms with Gasteiger partial charge in [-0.2, -0.15) is 0 Å². The Kier molecular flexibility index (Phi) is 2.60. The third kappa shape index (κ3) is 1.76. The van der Waals surface area contributed by atoms with Crippen molar-refractivity contribution in [1.29, 1.82) is 0 Å². The zero-order chi connectivity index (χ0) is 11.7. The molecule has 2 aromatic rings. The number of aromatic nitrogens is 4. The van der Waals surface area contributed by atoms with Crippen molar-refractivity contribution in [3.05, 3.63) is 23.7 Å². The van der Waals surface area contributed by atoms with Gasteiger partial charge in [-0.05, 0) is 12.8 Å². The second kappa shape index (κ2) is 3.92. The fourth-order valence-corrected chi connectivity index (χ4v) is 1.81. The maximum Gasteiger partial charge on any atom is 0.197 e. The molecular formula is C11H15N5. The highest BCUT2D eigenvalue weighted by molar-refractivity contribution is 5.52. The number of nitrogen functional groups attached to an aromatic ring is 1. The van der Waals surface area contributed by atoms with Gasteiger partial charge in [-0.3, -0.25) is 0 Å². The van der Waals surface area contributed by atoms with E-state index >= 15 is 0 Å². The molecule has 0 amide bonds. The van der Waals surface area contributed by atoms with Crippen molar-refractivity contribution in [2.75, 3.05) is 5.73 Å². The van der Waals surface area contributed by atoms with Gasteiger partial charge >= 0.3 is 0 Å². The Morgan fingerprint density at radius 2 is 2.06 bits per heavy atom. The molecule has 0 atom stereocenters. The predicted octanol–water partition coefficient (Wildman–Crippen LogP) is 1.88. The van der Waals surface area contributed by atoms with Gasteiger partial charge in [-0.1, -0.05) is 13.8 Å². The van der Waals surface area contributed by atoms with Gasteiger partial charge in [0.1, 0.15) is 5.82 Å². The Hall–Kier alpha value is -1.91. The molecule has 5 heteroatoms. The van der Waals surface area contributed by atoms with Gasteiger partial charge in [-0.25, -0.2) is 15.0 Å². The number of H-pyrrole nitrogens is 1. The van der Waals surface area contributed by atoms with Gasteiger partial charge < -0.3 is 10.7 Å². The van der Waals surface area contributed by atoms with Crippen molar-refractivity contribution in [2.45, 2.75) is 26.7 Å². The monoisotopic (exact) mass is 217 g/mol. The van der Waals surface area contributed by atoms with Crippen molar-refractivity contribution in [3.63, 3.8) is 0 Å². The van der Waals surface area contributed by atoms with Crippen LogP contribution in [0.5, 0.6) is 0 Å². The van der Waals surface area contributed by atoms with E-state index in [1.165, 1.54) is 0 Å². The third-order valence-electron chi connectivity index (χ3n) is 2.45. The van der Waals surface area contributed by atoms with Crippen molar-refractivity contribution in [1.82, 2.24) is 19.9 Å². The first-order valence-electron chi connectivity index (χ1n) is 5.23. The first-order valence-corrected chi connectivity index (χ1v) is 5.23. The lowest BCUT2D eigenvalue weighted by Gasteiger charge is -2.12. The molecule has 0 unspecified atom stereocenters. The number of imidazole rings is 1. The largest absolute Gasteiger partial charge is 0.383 e. The van der Waals surface area contributed by atoms with E-state index in [2.05, 4.69) is 33.8 Å². The molecule has 16 heavy (non-hydrogen) atoms. The van der Waals surface area contributed by atoms with Crippen LogP contribution in [0.15, 0.2) is 12.4 Å². The summed E-state index contributed by atoms with van der Waals surface area (Å²) in [7, 11) is 0. The average Bonchev–Trinajstić information content (AvgIpc) is 2.67. The molecular weight excluding hydrogens is 202 g/mol. The summed E-state index contributed by atoms with van der Waals surface area (Å²) >= 11 is 0. The van der Waals surface area contributed by atoms with Crippen LogP contribution in [0, 0.1) is 6.92 Å². The first kappa shape index (κ1) is 10.6. The lowest BCUT2D eigenvalue weighted by Crippen LogP contribution is -2.07. The summed E-state index contributed by atoms with van der Waals surface area (Å²) in [6, 6.07) is 0. The summed E-state index contributed by atoms with van der Waals surface area (Å²) in [6.07, 6.45) is 3.40. The molecule has 5 nitrogen and oxygen atoms in total. The molecule has 0 aliphatic heterocycles. The van der Waals surface area contributed by atoms with Crippen LogP contribution in [-0.2, 0) is 0 Å². The molecule has 0 saturated carbocycles. The lowest BCUT2D eigenvalue weighted by atomic mass is 10.0. The molecule has 84 valence electrons. The van der Waals surface area contributed by atoms with E-state index in [9.17, 15) is 0 Å². The molecule has 0 aliphatic rings. The second-order valence-electron chi connectivity index (χ2n) is 4.02. The third-order valence-corrected chi connectivity index (χ3v) is 2.45. The fourth-order valence-electron chi connectivity index (χ4n) is 1.81. The number of nitrogens with two attached hydrogens (primary N) is 1. The van der Waals surface area contributed by atoms with E-state index in [1.54, 1.807) is 12.4 Å². The van der Waals surface area contributed by atoms with E-state index < -0.39 is 0 Å². The van der Waals surface area contributed by atoms with Crippen molar-refractivity contribution < 1.29 is 0 Å². The molecule has 2 aromatic heterocycles. The van der Waals surface area contributed by atoms with E-state index in [0.29, 0.717) is 23.4 Å². The molecule has 0 aromatic carbocycles. The van der Waals surface area contributed by atoms with E-state index in [0.717, 1.165) is 11.3 Å². The Bertz CT molecular complexity index is 464. The standard InChI is InChI=1S/C11H15N5/c1-6(2)8-7(3)15-11(16-9(8)12)10-13-4-5-14-10/h4-6H,1-3H3,(H,13,14)(H2,12,15,16). The topological polar surface area (TPSA) is 80.5 Å². The van der Waals surface area contributed by atoms with Crippen molar-refractivity contribution >= 4 is 5.82 Å². The minimum absolute atomic E-state index is 0.325. The molecule has 2 rings (SSSR count). The molecule has 0 bridgehead atoms. The van der Waals surface area contributed by atoms with E-state index in [-0.39, 0.29) is 0 Å². The van der Waals surface area contributed by atoms with Crippen LogP contribution >= 0.6 is 0 Å². The van der Waals surface area contributed by atoms with Gasteiger partial charge in [0.2, 0.25) is 0 Å². The summed E-state index contributed by atoms with van der Waals surface area (Å²) in [6.45, 7) is 6.10. The summed E-state index contributed by atoms with van der Waals surface area (Å²) in [4.78, 5) is 15.8. The van der Waals surface area contributed by atoms with Crippen LogP contribution in [0.3, 0.4) is 0 Å². The number of anilines is 1. The normalized spacial score (nSPS) is 11.0. The number of hydrogen-bond acceptors (Lipinski definition) is 4. The Morgan fingerprint density at radius 1 is 1.31 bits per heavy atom. The van der Waals surface area contributed by atoms with Gasteiger partial charge in [0.15, 0.2) is 11.6 Å². The molecule has 0 saturated heterocycles. The second-order valence-corrected chi connectivity index (χ2v) is 4.02. The van der Waals surface area contributed by atoms with Gasteiger partial charge in [0.05, 0.1) is 0 Å². The molecule has 0 spiro atoms. The maximum atomic E-state index is 5.94. The van der Waals surface area contributed by atoms with Crippen LogP contribution in [-0.4, -0.2) is 19.9 Å². The number of aryl methyl sites for hydroxylation is 1. The van der Waals surface area contributed by atoms with Crippen LogP contribution < -0.4 is 5.73 Å². The maximum absolute atomic E-state index is 5.94. The summed E-state index contributed by atoms with van der Waals surface area (Å²) in [5.41, 5.74) is 7.86. The molecule has 3 N–H and O–H groups in total. The van der Waals surface area contributed by atoms with E-state index in [1.807, 2.05) is 6.92 Å². The number of nitrogens with zero attached hydrogens (tertiary/aromatic N) is 3. The number of hydrogen-bond donors (Lipinski definition) is 2. The van der Waals surface area contributed by atoms with E-state index in [4.69, 9.17) is 5.73 Å². The number of rotatable bonds is 2. The predicted molar refractivity (Wildman–Crippen MR) is 62.9 cm³/mol. The SMILES string of the molecule is Cc1nc(-c2ncc[nH]2)nc(N)c1C(C)C.